The van der Waals surface area contributed by atoms with Crippen LogP contribution in [0, 0.1) is 51.8 Å². The van der Waals surface area contributed by atoms with E-state index >= 15 is 0 Å². The van der Waals surface area contributed by atoms with Crippen LogP contribution < -0.4 is 5.32 Å². The Bertz CT molecular complexity index is 712. The molecule has 0 heterocycles. The summed E-state index contributed by atoms with van der Waals surface area (Å²) < 4.78 is 4.74. The number of hydrogen-bond donors (Lipinski definition) is 1. The number of nitriles is 2. The molecule has 1 amide bonds. The third-order valence-electron chi connectivity index (χ3n) is 4.51. The minimum absolute atomic E-state index is 0.00323. The van der Waals surface area contributed by atoms with Crippen LogP contribution >= 0.6 is 0 Å². The van der Waals surface area contributed by atoms with Crippen LogP contribution in [0.25, 0.3) is 0 Å². The Morgan fingerprint density at radius 1 is 1.27 bits per heavy atom. The Morgan fingerprint density at radius 3 is 2.50 bits per heavy atom. The van der Waals surface area contributed by atoms with Crippen molar-refractivity contribution in [2.45, 2.75) is 45.6 Å². The van der Waals surface area contributed by atoms with E-state index in [1.807, 2.05) is 0 Å². The fourth-order valence-electron chi connectivity index (χ4n) is 3.36. The third-order valence-corrected chi connectivity index (χ3v) is 4.51. The highest BCUT2D eigenvalue weighted by molar-refractivity contribution is 5.73. The van der Waals surface area contributed by atoms with E-state index in [1.165, 1.54) is 13.8 Å². The third kappa shape index (κ3) is 5.82. The number of allylic oxidation sites excluding steroid dienone is 1. The lowest BCUT2D eigenvalue weighted by molar-refractivity contribution is -0.139. The smallest absolute Gasteiger partial charge is 0.303 e. The van der Waals surface area contributed by atoms with Gasteiger partial charge in [0.15, 0.2) is 12.0 Å². The molecule has 2 unspecified atom stereocenters. The number of hydrogen-bond acceptors (Lipinski definition) is 5. The second-order valence-corrected chi connectivity index (χ2v) is 6.36. The molecule has 26 heavy (non-hydrogen) atoms. The molecule has 0 radical (unpaired) electrons. The van der Waals surface area contributed by atoms with Crippen molar-refractivity contribution in [2.75, 3.05) is 6.61 Å². The number of esters is 1. The molecule has 1 aliphatic carbocycles. The maximum Gasteiger partial charge on any atom is 0.303 e. The fraction of sp³-hybridized carbons (Fsp3) is 0.550. The Labute approximate surface area is 154 Å². The summed E-state index contributed by atoms with van der Waals surface area (Å²) in [5.74, 6) is 4.59. The Hall–Kier alpha value is -3.00. The summed E-state index contributed by atoms with van der Waals surface area (Å²) in [6, 6.07) is 4.31. The van der Waals surface area contributed by atoms with Gasteiger partial charge >= 0.3 is 5.97 Å². The number of ether oxygens (including phenoxy) is 1. The molecule has 1 N–H and O–H groups in total. The summed E-state index contributed by atoms with van der Waals surface area (Å²) in [4.78, 5) is 22.1. The molecule has 0 aromatic carbocycles. The predicted octanol–water partition coefficient (Wildman–Crippen LogP) is 2.24. The van der Waals surface area contributed by atoms with Crippen LogP contribution in [0.3, 0.4) is 0 Å². The largest absolute Gasteiger partial charge is 0.453 e. The number of carbonyl (C=O) groups excluding carboxylic acids is 2. The van der Waals surface area contributed by atoms with E-state index in [0.29, 0.717) is 19.3 Å². The van der Waals surface area contributed by atoms with E-state index in [0.717, 1.165) is 0 Å². The Morgan fingerprint density at radius 2 is 1.96 bits per heavy atom. The summed E-state index contributed by atoms with van der Waals surface area (Å²) >= 11 is 0. The molecular weight excluding hydrogens is 330 g/mol. The summed E-state index contributed by atoms with van der Waals surface area (Å²) in [7, 11) is 0. The number of nitrogens with zero attached hydrogens (tertiary/aromatic N) is 2. The molecular formula is C20H23N3O3. The lowest BCUT2D eigenvalue weighted by Gasteiger charge is -2.39. The lowest BCUT2D eigenvalue weighted by Crippen LogP contribution is -2.44. The first kappa shape index (κ1) is 21.0. The van der Waals surface area contributed by atoms with Crippen molar-refractivity contribution < 1.29 is 14.3 Å². The van der Waals surface area contributed by atoms with E-state index < -0.39 is 11.4 Å². The van der Waals surface area contributed by atoms with Gasteiger partial charge in [0.2, 0.25) is 5.91 Å². The zero-order chi connectivity index (χ0) is 19.6. The van der Waals surface area contributed by atoms with E-state index in [2.05, 4.69) is 41.6 Å². The lowest BCUT2D eigenvalue weighted by atomic mass is 9.62. The quantitative estimate of drug-likeness (QED) is 0.464. The average Bonchev–Trinajstić information content (AvgIpc) is 2.59. The van der Waals surface area contributed by atoms with Crippen molar-refractivity contribution in [2.24, 2.45) is 17.3 Å². The fourth-order valence-corrected chi connectivity index (χ4v) is 3.36. The van der Waals surface area contributed by atoms with Crippen LogP contribution in [0.5, 0.6) is 0 Å². The molecule has 1 aliphatic rings. The van der Waals surface area contributed by atoms with Gasteiger partial charge in [-0.3, -0.25) is 9.59 Å². The first-order valence-electron chi connectivity index (χ1n) is 8.43. The molecule has 6 heteroatoms. The molecule has 3 atom stereocenters. The summed E-state index contributed by atoms with van der Waals surface area (Å²) in [6.07, 6.45) is 3.77. The first-order valence-corrected chi connectivity index (χ1v) is 8.43. The minimum atomic E-state index is -1.28. The standard InChI is InChI=1S/C20H23N3O3/c1-4-7-17-12-18(23-15(2)24)8-9-19(17)20(13-21,14-22)10-5-6-11-26-16(3)25/h7,17-19H,1,8-12H2,2-3H3,(H,23,24)/t17?,18-,19?/m0/s1. The summed E-state index contributed by atoms with van der Waals surface area (Å²) in [5.41, 5.74) is 1.48. The number of rotatable bonds is 5. The van der Waals surface area contributed by atoms with Crippen LogP contribution in [0.15, 0.2) is 18.4 Å². The van der Waals surface area contributed by atoms with Gasteiger partial charge in [-0.1, -0.05) is 18.4 Å². The van der Waals surface area contributed by atoms with Crippen LogP contribution in [0.2, 0.25) is 0 Å². The normalized spacial score (nSPS) is 21.6. The second-order valence-electron chi connectivity index (χ2n) is 6.36. The minimum Gasteiger partial charge on any atom is -0.453 e. The van der Waals surface area contributed by atoms with Crippen LogP contribution in [0.4, 0.5) is 0 Å². The molecule has 136 valence electrons. The van der Waals surface area contributed by atoms with Gasteiger partial charge in [-0.15, -0.1) is 5.73 Å². The van der Waals surface area contributed by atoms with E-state index in [-0.39, 0.29) is 36.8 Å². The molecule has 1 fully saturated rings. The molecule has 0 bridgehead atoms. The van der Waals surface area contributed by atoms with Crippen molar-refractivity contribution in [3.63, 3.8) is 0 Å². The SMILES string of the molecule is C=C=CC1C[C@@H](NC(C)=O)CCC1C(C#N)(C#N)CC#CCOC(C)=O. The maximum absolute atomic E-state index is 11.3. The van der Waals surface area contributed by atoms with E-state index in [1.54, 1.807) is 6.08 Å². The molecule has 0 aromatic rings. The molecule has 1 rings (SSSR count). The predicted molar refractivity (Wildman–Crippen MR) is 94.8 cm³/mol. The second kappa shape index (κ2) is 10.1. The highest BCUT2D eigenvalue weighted by Crippen LogP contribution is 2.44. The van der Waals surface area contributed by atoms with Crippen LogP contribution in [-0.4, -0.2) is 24.5 Å². The topological polar surface area (TPSA) is 103 Å². The first-order chi connectivity index (χ1) is 12.4. The Kier molecular flexibility index (Phi) is 8.17. The van der Waals surface area contributed by atoms with Gasteiger partial charge in [0, 0.05) is 26.3 Å². The molecule has 0 aliphatic heterocycles. The van der Waals surface area contributed by atoms with Gasteiger partial charge in [0.1, 0.15) is 0 Å². The van der Waals surface area contributed by atoms with Gasteiger partial charge in [0.25, 0.3) is 0 Å². The zero-order valence-electron chi connectivity index (χ0n) is 15.2. The van der Waals surface area contributed by atoms with Crippen LogP contribution in [-0.2, 0) is 14.3 Å². The molecule has 0 aromatic heterocycles. The monoisotopic (exact) mass is 353 g/mol. The Balaban J connectivity index is 2.97. The van der Waals surface area contributed by atoms with Crippen molar-refractivity contribution >= 4 is 11.9 Å². The van der Waals surface area contributed by atoms with Crippen molar-refractivity contribution in [1.82, 2.24) is 5.32 Å². The van der Waals surface area contributed by atoms with Crippen molar-refractivity contribution in [3.05, 3.63) is 18.4 Å². The number of carbonyl (C=O) groups is 2. The average molecular weight is 353 g/mol. The van der Waals surface area contributed by atoms with Crippen molar-refractivity contribution in [1.29, 1.82) is 10.5 Å². The molecule has 1 saturated carbocycles. The number of amides is 1. The van der Waals surface area contributed by atoms with Gasteiger partial charge in [-0.2, -0.15) is 10.5 Å². The van der Waals surface area contributed by atoms with E-state index in [9.17, 15) is 20.1 Å². The zero-order valence-corrected chi connectivity index (χ0v) is 15.2. The summed E-state index contributed by atoms with van der Waals surface area (Å²) in [5, 5.41) is 22.4. The number of nitrogens with one attached hydrogen (secondary N) is 1. The van der Waals surface area contributed by atoms with Crippen LogP contribution in [0.1, 0.15) is 39.5 Å². The van der Waals surface area contributed by atoms with Crippen molar-refractivity contribution in [3.8, 4) is 24.0 Å². The highest BCUT2D eigenvalue weighted by atomic mass is 16.5. The molecule has 0 spiro atoms. The van der Waals surface area contributed by atoms with Gasteiger partial charge in [-0.05, 0) is 37.2 Å². The molecule has 0 saturated heterocycles. The molecule has 6 nitrogen and oxygen atoms in total. The van der Waals surface area contributed by atoms with Gasteiger partial charge in [-0.25, -0.2) is 0 Å². The maximum atomic E-state index is 11.3. The highest BCUT2D eigenvalue weighted by Gasteiger charge is 2.45. The van der Waals surface area contributed by atoms with Gasteiger partial charge < -0.3 is 10.1 Å². The van der Waals surface area contributed by atoms with E-state index in [4.69, 9.17) is 4.74 Å². The summed E-state index contributed by atoms with van der Waals surface area (Å²) in [6.45, 7) is 6.30. The van der Waals surface area contributed by atoms with Gasteiger partial charge in [0.05, 0.1) is 12.1 Å².